The van der Waals surface area contributed by atoms with E-state index in [9.17, 15) is 8.78 Å². The van der Waals surface area contributed by atoms with Gasteiger partial charge in [-0.05, 0) is 74.1 Å². The number of nitrogens with zero attached hydrogens (tertiary/aromatic N) is 1. The minimum atomic E-state index is -3.31. The molecule has 152 valence electrons. The molecule has 0 N–H and O–H groups in total. The van der Waals surface area contributed by atoms with Gasteiger partial charge in [0.15, 0.2) is 0 Å². The smallest absolute Gasteiger partial charge is 0.316 e. The van der Waals surface area contributed by atoms with Gasteiger partial charge in [0, 0.05) is 0 Å². The van der Waals surface area contributed by atoms with Crippen LogP contribution in [0.1, 0.15) is 60.8 Å². The van der Waals surface area contributed by atoms with Gasteiger partial charge in [0.05, 0.1) is 23.8 Å². The number of nitriles is 1. The molecule has 1 fully saturated rings. The van der Waals surface area contributed by atoms with Gasteiger partial charge in [0.25, 0.3) is 0 Å². The first-order valence-electron chi connectivity index (χ1n) is 10.3. The molecule has 2 aromatic rings. The highest BCUT2D eigenvalue weighted by Gasteiger charge is 2.33. The highest BCUT2D eigenvalue weighted by Crippen LogP contribution is 2.37. The largest absolute Gasteiger partial charge is 0.383 e. The van der Waals surface area contributed by atoms with Gasteiger partial charge in [-0.3, -0.25) is 0 Å². The topological polar surface area (TPSA) is 33.0 Å². The Hall–Kier alpha value is -2.51. The average molecular weight is 395 g/mol. The standard InChI is InChI=1S/C25H27F2NO/c1-2-3-19-8-10-22(11-9-19)23-12-14-24(15-13-23)25(26,27)29-17-16-20-4-6-21(18-28)7-5-20/h2-7,12-15,19,22H,8-11,16-17H2,1H3/b3-2+. The van der Waals surface area contributed by atoms with Crippen LogP contribution in [0.5, 0.6) is 0 Å². The van der Waals surface area contributed by atoms with Crippen molar-refractivity contribution in [3.8, 4) is 6.07 Å². The Morgan fingerprint density at radius 3 is 2.28 bits per heavy atom. The maximum absolute atomic E-state index is 14.4. The summed E-state index contributed by atoms with van der Waals surface area (Å²) in [6, 6.07) is 15.6. The number of rotatable bonds is 7. The summed E-state index contributed by atoms with van der Waals surface area (Å²) in [7, 11) is 0. The number of alkyl halides is 2. The van der Waals surface area contributed by atoms with Crippen LogP contribution < -0.4 is 0 Å². The lowest BCUT2D eigenvalue weighted by molar-refractivity contribution is -0.248. The van der Waals surface area contributed by atoms with Crippen molar-refractivity contribution in [2.24, 2.45) is 5.92 Å². The van der Waals surface area contributed by atoms with Gasteiger partial charge in [-0.25, -0.2) is 0 Å². The second kappa shape index (κ2) is 9.80. The molecule has 3 rings (SSSR count). The maximum Gasteiger partial charge on any atom is 0.383 e. The first kappa shape index (κ1) is 21.2. The van der Waals surface area contributed by atoms with Crippen LogP contribution in [-0.2, 0) is 17.3 Å². The average Bonchev–Trinajstić information content (AvgIpc) is 2.75. The molecule has 1 saturated carbocycles. The second-order valence-corrected chi connectivity index (χ2v) is 7.68. The van der Waals surface area contributed by atoms with Crippen LogP contribution in [0, 0.1) is 17.2 Å². The molecule has 1 aliphatic rings. The van der Waals surface area contributed by atoms with Crippen molar-refractivity contribution < 1.29 is 13.5 Å². The molecule has 0 bridgehead atoms. The van der Waals surface area contributed by atoms with E-state index in [1.54, 1.807) is 24.3 Å². The van der Waals surface area contributed by atoms with Crippen LogP contribution >= 0.6 is 0 Å². The number of hydrogen-bond acceptors (Lipinski definition) is 2. The predicted octanol–water partition coefficient (Wildman–Crippen LogP) is 6.72. The van der Waals surface area contributed by atoms with E-state index in [0.29, 0.717) is 23.8 Å². The first-order valence-corrected chi connectivity index (χ1v) is 10.3. The van der Waals surface area contributed by atoms with Crippen molar-refractivity contribution >= 4 is 0 Å². The summed E-state index contributed by atoms with van der Waals surface area (Å²) in [5, 5.41) is 8.80. The number of allylic oxidation sites excluding steroid dienone is 2. The van der Waals surface area contributed by atoms with E-state index in [2.05, 4.69) is 19.1 Å². The molecule has 0 radical (unpaired) electrons. The molecule has 0 saturated heterocycles. The maximum atomic E-state index is 14.4. The SMILES string of the molecule is C/C=C/C1CCC(c2ccc(C(F)(F)OCCc3ccc(C#N)cc3)cc2)CC1. The quantitative estimate of drug-likeness (QED) is 0.488. The summed E-state index contributed by atoms with van der Waals surface area (Å²) in [5.74, 6) is 1.11. The molecule has 2 nitrogen and oxygen atoms in total. The van der Waals surface area contributed by atoms with Crippen LogP contribution in [0.25, 0.3) is 0 Å². The van der Waals surface area contributed by atoms with Crippen molar-refractivity contribution in [3.05, 3.63) is 82.9 Å². The first-order chi connectivity index (χ1) is 14.0. The second-order valence-electron chi connectivity index (χ2n) is 7.68. The molecule has 0 spiro atoms. The molecule has 0 unspecified atom stereocenters. The molecule has 0 amide bonds. The van der Waals surface area contributed by atoms with E-state index in [1.807, 2.05) is 18.2 Å². The summed E-state index contributed by atoms with van der Waals surface area (Å²) in [4.78, 5) is 0. The van der Waals surface area contributed by atoms with Crippen LogP contribution in [0.15, 0.2) is 60.7 Å². The third-order valence-corrected chi connectivity index (χ3v) is 5.71. The zero-order valence-corrected chi connectivity index (χ0v) is 16.8. The van der Waals surface area contributed by atoms with Gasteiger partial charge in [0.2, 0.25) is 0 Å². The fourth-order valence-electron chi connectivity index (χ4n) is 3.99. The third kappa shape index (κ3) is 5.74. The molecular weight excluding hydrogens is 368 g/mol. The third-order valence-electron chi connectivity index (χ3n) is 5.71. The van der Waals surface area contributed by atoms with Gasteiger partial charge in [-0.15, -0.1) is 0 Å². The van der Waals surface area contributed by atoms with Crippen molar-refractivity contribution in [2.75, 3.05) is 6.61 Å². The number of halogens is 2. The lowest BCUT2D eigenvalue weighted by Gasteiger charge is -2.27. The zero-order chi connectivity index (χ0) is 20.7. The van der Waals surface area contributed by atoms with Crippen molar-refractivity contribution in [3.63, 3.8) is 0 Å². The Morgan fingerprint density at radius 1 is 1.03 bits per heavy atom. The fourth-order valence-corrected chi connectivity index (χ4v) is 3.99. The van der Waals surface area contributed by atoms with E-state index in [4.69, 9.17) is 10.00 Å². The molecule has 0 atom stereocenters. The Labute approximate surface area is 171 Å². The normalized spacial score (nSPS) is 19.9. The van der Waals surface area contributed by atoms with Crippen LogP contribution in [-0.4, -0.2) is 6.61 Å². The summed E-state index contributed by atoms with van der Waals surface area (Å²) < 4.78 is 33.7. The summed E-state index contributed by atoms with van der Waals surface area (Å²) in [5.41, 5.74) is 2.45. The number of benzene rings is 2. The summed E-state index contributed by atoms with van der Waals surface area (Å²) in [6.45, 7) is 1.97. The van der Waals surface area contributed by atoms with Crippen molar-refractivity contribution in [1.82, 2.24) is 0 Å². The fraction of sp³-hybridized carbons (Fsp3) is 0.400. The Balaban J connectivity index is 1.53. The molecule has 0 aromatic heterocycles. The van der Waals surface area contributed by atoms with E-state index in [1.165, 1.54) is 12.1 Å². The van der Waals surface area contributed by atoms with Crippen molar-refractivity contribution in [1.29, 1.82) is 5.26 Å². The van der Waals surface area contributed by atoms with Crippen LogP contribution in [0.4, 0.5) is 8.78 Å². The van der Waals surface area contributed by atoms with Gasteiger partial charge in [0.1, 0.15) is 0 Å². The van der Waals surface area contributed by atoms with Crippen LogP contribution in [0.3, 0.4) is 0 Å². The Bertz CT molecular complexity index is 842. The minimum Gasteiger partial charge on any atom is -0.316 e. The molecule has 0 aliphatic heterocycles. The highest BCUT2D eigenvalue weighted by molar-refractivity contribution is 5.31. The minimum absolute atomic E-state index is 0.0877. The van der Waals surface area contributed by atoms with Gasteiger partial charge in [-0.1, -0.05) is 48.6 Å². The molecule has 4 heteroatoms. The van der Waals surface area contributed by atoms with Crippen molar-refractivity contribution in [2.45, 2.75) is 51.1 Å². The summed E-state index contributed by atoms with van der Waals surface area (Å²) in [6.07, 6.45) is 5.97. The summed E-state index contributed by atoms with van der Waals surface area (Å²) >= 11 is 0. The monoisotopic (exact) mass is 395 g/mol. The Kier molecular flexibility index (Phi) is 7.17. The predicted molar refractivity (Wildman–Crippen MR) is 111 cm³/mol. The van der Waals surface area contributed by atoms with E-state index < -0.39 is 6.11 Å². The van der Waals surface area contributed by atoms with Gasteiger partial charge in [-0.2, -0.15) is 14.0 Å². The number of ether oxygens (including phenoxy) is 1. The molecule has 0 heterocycles. The van der Waals surface area contributed by atoms with E-state index in [-0.39, 0.29) is 12.2 Å². The van der Waals surface area contributed by atoms with Gasteiger partial charge < -0.3 is 4.74 Å². The zero-order valence-electron chi connectivity index (χ0n) is 16.8. The van der Waals surface area contributed by atoms with Crippen LogP contribution in [0.2, 0.25) is 0 Å². The number of hydrogen-bond donors (Lipinski definition) is 0. The van der Waals surface area contributed by atoms with Gasteiger partial charge >= 0.3 is 6.11 Å². The molecule has 29 heavy (non-hydrogen) atoms. The molecular formula is C25H27F2NO. The highest BCUT2D eigenvalue weighted by atomic mass is 19.3. The van der Waals surface area contributed by atoms with E-state index >= 15 is 0 Å². The lowest BCUT2D eigenvalue weighted by Crippen LogP contribution is -2.20. The van der Waals surface area contributed by atoms with E-state index in [0.717, 1.165) is 36.8 Å². The molecule has 1 aliphatic carbocycles. The Morgan fingerprint density at radius 2 is 1.69 bits per heavy atom. The lowest BCUT2D eigenvalue weighted by atomic mass is 9.78. The molecule has 2 aromatic carbocycles.